The number of ether oxygens (including phenoxy) is 1. The van der Waals surface area contributed by atoms with Crippen molar-refractivity contribution in [1.29, 1.82) is 0 Å². The molecule has 0 saturated heterocycles. The number of carbonyl (C=O) groups is 1. The summed E-state index contributed by atoms with van der Waals surface area (Å²) in [6.45, 7) is 5.10. The van der Waals surface area contributed by atoms with Crippen LogP contribution in [0.4, 0.5) is 0 Å². The Bertz CT molecular complexity index is 275. The molecule has 0 aromatic carbocycles. The highest BCUT2D eigenvalue weighted by molar-refractivity contribution is 5.69. The maximum atomic E-state index is 11.5. The average Bonchev–Trinajstić information content (AvgIpc) is 2.65. The molecule has 0 heterocycles. The number of esters is 1. The van der Waals surface area contributed by atoms with Gasteiger partial charge in [0.15, 0.2) is 0 Å². The lowest BCUT2D eigenvalue weighted by molar-refractivity contribution is -0.143. The zero-order valence-corrected chi connectivity index (χ0v) is 18.2. The van der Waals surface area contributed by atoms with Crippen LogP contribution < -0.4 is 0 Å². The van der Waals surface area contributed by atoms with Gasteiger partial charge in [-0.15, -0.1) is 0 Å². The minimum absolute atomic E-state index is 0.00599. The molecule has 0 atom stereocenters. The van der Waals surface area contributed by atoms with Crippen molar-refractivity contribution in [3.8, 4) is 0 Å². The molecular weight excluding hydrogens is 320 g/mol. The fourth-order valence-electron chi connectivity index (χ4n) is 3.43. The molecule has 0 aliphatic heterocycles. The van der Waals surface area contributed by atoms with Crippen LogP contribution in [0, 0.1) is 0 Å². The van der Waals surface area contributed by atoms with Gasteiger partial charge in [0.25, 0.3) is 0 Å². The van der Waals surface area contributed by atoms with E-state index in [0.29, 0.717) is 13.0 Å². The Morgan fingerprint density at radius 1 is 0.500 bits per heavy atom. The molecule has 2 heteroatoms. The molecule has 0 aliphatic carbocycles. The molecule has 0 aromatic rings. The second kappa shape index (κ2) is 22.5. The zero-order chi connectivity index (χ0) is 19.1. The molecule has 0 fully saturated rings. The Kier molecular flexibility index (Phi) is 22.1. The maximum Gasteiger partial charge on any atom is 0.305 e. The first-order valence-corrected chi connectivity index (χ1v) is 12.0. The summed E-state index contributed by atoms with van der Waals surface area (Å²) in [4.78, 5) is 11.5. The summed E-state index contributed by atoms with van der Waals surface area (Å²) < 4.78 is 5.30. The van der Waals surface area contributed by atoms with E-state index in [2.05, 4.69) is 13.8 Å². The average molecular weight is 369 g/mol. The van der Waals surface area contributed by atoms with Gasteiger partial charge in [0.05, 0.1) is 6.61 Å². The lowest BCUT2D eigenvalue weighted by atomic mass is 10.0. The van der Waals surface area contributed by atoms with Crippen LogP contribution in [-0.2, 0) is 9.53 Å². The Labute approximate surface area is 164 Å². The SMILES string of the molecule is CCCCCCCCCCCCCCCCCOC(=O)CCCCCC. The number of rotatable bonds is 21. The van der Waals surface area contributed by atoms with Gasteiger partial charge in [-0.1, -0.05) is 123 Å². The minimum Gasteiger partial charge on any atom is -0.466 e. The lowest BCUT2D eigenvalue weighted by Crippen LogP contribution is -2.05. The Hall–Kier alpha value is -0.530. The molecule has 156 valence electrons. The van der Waals surface area contributed by atoms with Gasteiger partial charge in [0.2, 0.25) is 0 Å². The zero-order valence-electron chi connectivity index (χ0n) is 18.2. The standard InChI is InChI=1S/C24H48O2/c1-3-5-7-9-10-11-12-13-14-15-16-17-18-19-21-23-26-24(25)22-20-8-6-4-2/h3-23H2,1-2H3. The maximum absolute atomic E-state index is 11.5. The molecular formula is C24H48O2. The first-order valence-electron chi connectivity index (χ1n) is 12.0. The van der Waals surface area contributed by atoms with Crippen LogP contribution in [0.5, 0.6) is 0 Å². The van der Waals surface area contributed by atoms with E-state index in [4.69, 9.17) is 4.74 Å². The molecule has 0 N–H and O–H groups in total. The highest BCUT2D eigenvalue weighted by Gasteiger charge is 2.02. The third-order valence-corrected chi connectivity index (χ3v) is 5.25. The van der Waals surface area contributed by atoms with Crippen LogP contribution in [0.1, 0.15) is 142 Å². The molecule has 0 aliphatic rings. The van der Waals surface area contributed by atoms with E-state index in [0.717, 1.165) is 19.3 Å². The molecule has 0 unspecified atom stereocenters. The molecule has 0 bridgehead atoms. The smallest absolute Gasteiger partial charge is 0.305 e. The summed E-state index contributed by atoms with van der Waals surface area (Å²) in [7, 11) is 0. The van der Waals surface area contributed by atoms with Crippen LogP contribution in [0.3, 0.4) is 0 Å². The summed E-state index contributed by atoms with van der Waals surface area (Å²) in [5.41, 5.74) is 0. The van der Waals surface area contributed by atoms with Gasteiger partial charge >= 0.3 is 5.97 Å². The van der Waals surface area contributed by atoms with Crippen LogP contribution in [-0.4, -0.2) is 12.6 Å². The quantitative estimate of drug-likeness (QED) is 0.150. The van der Waals surface area contributed by atoms with Gasteiger partial charge in [0.1, 0.15) is 0 Å². The highest BCUT2D eigenvalue weighted by Crippen LogP contribution is 2.13. The second-order valence-electron chi connectivity index (χ2n) is 7.98. The molecule has 2 nitrogen and oxygen atoms in total. The van der Waals surface area contributed by atoms with Crippen molar-refractivity contribution in [2.75, 3.05) is 6.61 Å². The van der Waals surface area contributed by atoms with Crippen molar-refractivity contribution < 1.29 is 9.53 Å². The summed E-state index contributed by atoms with van der Waals surface area (Å²) in [5.74, 6) is 0.00599. The Morgan fingerprint density at radius 2 is 0.846 bits per heavy atom. The van der Waals surface area contributed by atoms with E-state index in [1.165, 1.54) is 103 Å². The molecule has 0 saturated carbocycles. The summed E-state index contributed by atoms with van der Waals surface area (Å²) in [6.07, 6.45) is 25.7. The van der Waals surface area contributed by atoms with Gasteiger partial charge in [-0.3, -0.25) is 4.79 Å². The van der Waals surface area contributed by atoms with Crippen LogP contribution in [0.2, 0.25) is 0 Å². The van der Waals surface area contributed by atoms with Crippen molar-refractivity contribution in [2.45, 2.75) is 142 Å². The number of hydrogen-bond acceptors (Lipinski definition) is 2. The van der Waals surface area contributed by atoms with E-state index < -0.39 is 0 Å². The van der Waals surface area contributed by atoms with Gasteiger partial charge < -0.3 is 4.74 Å². The fourth-order valence-corrected chi connectivity index (χ4v) is 3.43. The summed E-state index contributed by atoms with van der Waals surface area (Å²) in [5, 5.41) is 0. The van der Waals surface area contributed by atoms with Crippen molar-refractivity contribution in [3.63, 3.8) is 0 Å². The van der Waals surface area contributed by atoms with Gasteiger partial charge in [-0.25, -0.2) is 0 Å². The van der Waals surface area contributed by atoms with E-state index >= 15 is 0 Å². The summed E-state index contributed by atoms with van der Waals surface area (Å²) in [6, 6.07) is 0. The third kappa shape index (κ3) is 21.5. The molecule has 0 amide bonds. The highest BCUT2D eigenvalue weighted by atomic mass is 16.5. The van der Waals surface area contributed by atoms with E-state index in [9.17, 15) is 4.79 Å². The van der Waals surface area contributed by atoms with Gasteiger partial charge in [-0.2, -0.15) is 0 Å². The van der Waals surface area contributed by atoms with Crippen molar-refractivity contribution >= 4 is 5.97 Å². The second-order valence-corrected chi connectivity index (χ2v) is 7.98. The minimum atomic E-state index is 0.00599. The summed E-state index contributed by atoms with van der Waals surface area (Å²) >= 11 is 0. The third-order valence-electron chi connectivity index (χ3n) is 5.25. The van der Waals surface area contributed by atoms with Crippen LogP contribution in [0.25, 0.3) is 0 Å². The Morgan fingerprint density at radius 3 is 1.27 bits per heavy atom. The monoisotopic (exact) mass is 368 g/mol. The van der Waals surface area contributed by atoms with Crippen LogP contribution in [0.15, 0.2) is 0 Å². The molecule has 0 spiro atoms. The molecule has 0 radical (unpaired) electrons. The van der Waals surface area contributed by atoms with E-state index in [-0.39, 0.29) is 5.97 Å². The van der Waals surface area contributed by atoms with Gasteiger partial charge in [-0.05, 0) is 12.8 Å². The first-order chi connectivity index (χ1) is 12.8. The van der Waals surface area contributed by atoms with E-state index in [1.807, 2.05) is 0 Å². The normalized spacial score (nSPS) is 11.0. The lowest BCUT2D eigenvalue weighted by Gasteiger charge is -2.05. The van der Waals surface area contributed by atoms with Crippen molar-refractivity contribution in [2.24, 2.45) is 0 Å². The predicted molar refractivity (Wildman–Crippen MR) is 115 cm³/mol. The van der Waals surface area contributed by atoms with Crippen molar-refractivity contribution in [1.82, 2.24) is 0 Å². The van der Waals surface area contributed by atoms with E-state index in [1.54, 1.807) is 0 Å². The topological polar surface area (TPSA) is 26.3 Å². The van der Waals surface area contributed by atoms with Gasteiger partial charge in [0, 0.05) is 6.42 Å². The largest absolute Gasteiger partial charge is 0.466 e. The Balaban J connectivity index is 3.07. The number of unbranched alkanes of at least 4 members (excludes halogenated alkanes) is 17. The number of carbonyl (C=O) groups excluding carboxylic acids is 1. The molecule has 0 rings (SSSR count). The fraction of sp³-hybridized carbons (Fsp3) is 0.958. The molecule has 0 aromatic heterocycles. The first kappa shape index (κ1) is 25.5. The molecule has 26 heavy (non-hydrogen) atoms. The number of hydrogen-bond donors (Lipinski definition) is 0. The predicted octanol–water partition coefficient (Wildman–Crippen LogP) is 8.37. The van der Waals surface area contributed by atoms with Crippen molar-refractivity contribution in [3.05, 3.63) is 0 Å². The van der Waals surface area contributed by atoms with Crippen LogP contribution >= 0.6 is 0 Å².